The number of benzene rings is 2. The normalized spacial score (nSPS) is 16.0. The van der Waals surface area contributed by atoms with Gasteiger partial charge in [-0.1, -0.05) is 6.07 Å². The molecule has 0 aliphatic carbocycles. The highest BCUT2D eigenvalue weighted by Gasteiger charge is 2.28. The van der Waals surface area contributed by atoms with Gasteiger partial charge in [-0.3, -0.25) is 14.4 Å². The number of piperidine rings is 1. The van der Waals surface area contributed by atoms with Gasteiger partial charge in [-0.15, -0.1) is 0 Å². The second-order valence-electron chi connectivity index (χ2n) is 7.61. The Bertz CT molecular complexity index is 963. The van der Waals surface area contributed by atoms with Gasteiger partial charge in [-0.2, -0.15) is 0 Å². The van der Waals surface area contributed by atoms with E-state index in [-0.39, 0.29) is 42.9 Å². The molecule has 31 heavy (non-hydrogen) atoms. The van der Waals surface area contributed by atoms with Crippen LogP contribution in [0.2, 0.25) is 0 Å². The summed E-state index contributed by atoms with van der Waals surface area (Å²) < 4.78 is 26.6. The molecule has 1 heterocycles. The molecule has 0 aromatic heterocycles. The number of halogens is 2. The van der Waals surface area contributed by atoms with Crippen molar-refractivity contribution in [2.75, 3.05) is 26.2 Å². The van der Waals surface area contributed by atoms with Crippen molar-refractivity contribution in [2.45, 2.75) is 19.8 Å². The van der Waals surface area contributed by atoms with E-state index < -0.39 is 17.5 Å². The lowest BCUT2D eigenvalue weighted by Gasteiger charge is -2.32. The Morgan fingerprint density at radius 2 is 1.68 bits per heavy atom. The zero-order valence-electron chi connectivity index (χ0n) is 17.3. The Balaban J connectivity index is 1.44. The maximum absolute atomic E-state index is 13.6. The van der Waals surface area contributed by atoms with E-state index in [4.69, 9.17) is 0 Å². The first-order valence-corrected chi connectivity index (χ1v) is 10.2. The van der Waals surface area contributed by atoms with Crippen LogP contribution in [-0.4, -0.2) is 48.8 Å². The van der Waals surface area contributed by atoms with Gasteiger partial charge in [0.05, 0.1) is 5.92 Å². The fraction of sp³-hybridized carbons (Fsp3) is 0.348. The lowest BCUT2D eigenvalue weighted by Crippen LogP contribution is -2.46. The molecular formula is C23H25F2N3O3. The number of carbonyl (C=O) groups excluding carboxylic acids is 3. The quantitative estimate of drug-likeness (QED) is 0.693. The molecular weight excluding hydrogens is 404 g/mol. The lowest BCUT2D eigenvalue weighted by atomic mass is 9.96. The first kappa shape index (κ1) is 22.4. The van der Waals surface area contributed by atoms with Crippen molar-refractivity contribution < 1.29 is 23.2 Å². The van der Waals surface area contributed by atoms with Crippen LogP contribution in [0.15, 0.2) is 42.5 Å². The first-order chi connectivity index (χ1) is 14.8. The summed E-state index contributed by atoms with van der Waals surface area (Å²) in [5, 5.41) is 5.41. The predicted octanol–water partition coefficient (Wildman–Crippen LogP) is 2.67. The second kappa shape index (κ2) is 10.1. The van der Waals surface area contributed by atoms with Gasteiger partial charge in [0, 0.05) is 37.3 Å². The summed E-state index contributed by atoms with van der Waals surface area (Å²) in [7, 11) is 0. The number of likely N-dealkylation sites (tertiary alicyclic amines) is 1. The van der Waals surface area contributed by atoms with E-state index in [9.17, 15) is 23.2 Å². The molecule has 3 rings (SSSR count). The van der Waals surface area contributed by atoms with Crippen molar-refractivity contribution in [1.82, 2.24) is 15.5 Å². The highest BCUT2D eigenvalue weighted by Crippen LogP contribution is 2.19. The maximum atomic E-state index is 13.6. The Labute approximate surface area is 179 Å². The minimum atomic E-state index is -0.446. The van der Waals surface area contributed by atoms with E-state index in [1.807, 2.05) is 0 Å². The number of nitrogens with zero attached hydrogens (tertiary/aromatic N) is 1. The van der Waals surface area contributed by atoms with Crippen LogP contribution >= 0.6 is 0 Å². The third-order valence-corrected chi connectivity index (χ3v) is 5.31. The molecule has 8 heteroatoms. The lowest BCUT2D eigenvalue weighted by molar-refractivity contribution is -0.126. The maximum Gasteiger partial charge on any atom is 0.253 e. The number of rotatable bonds is 6. The van der Waals surface area contributed by atoms with Gasteiger partial charge >= 0.3 is 0 Å². The van der Waals surface area contributed by atoms with E-state index in [0.29, 0.717) is 30.5 Å². The fourth-order valence-corrected chi connectivity index (χ4v) is 3.49. The molecule has 1 atom stereocenters. The minimum Gasteiger partial charge on any atom is -0.354 e. The van der Waals surface area contributed by atoms with Crippen LogP contribution in [-0.2, 0) is 4.79 Å². The van der Waals surface area contributed by atoms with Gasteiger partial charge < -0.3 is 15.5 Å². The molecule has 1 saturated heterocycles. The monoisotopic (exact) mass is 429 g/mol. The second-order valence-corrected chi connectivity index (χ2v) is 7.61. The molecule has 6 nitrogen and oxygen atoms in total. The molecule has 1 aliphatic rings. The molecule has 1 unspecified atom stereocenters. The summed E-state index contributed by atoms with van der Waals surface area (Å²) in [5.41, 5.74) is 1.07. The molecule has 0 spiro atoms. The molecule has 0 radical (unpaired) electrons. The van der Waals surface area contributed by atoms with Gasteiger partial charge in [0.1, 0.15) is 11.6 Å². The van der Waals surface area contributed by atoms with Gasteiger partial charge in [-0.05, 0) is 61.7 Å². The number of hydrogen-bond donors (Lipinski definition) is 2. The SMILES string of the molecule is Cc1ccc(C(=O)NCCNC(=O)C2CCCN(C(=O)c3ccc(F)cc3)C2)cc1F. The van der Waals surface area contributed by atoms with Crippen LogP contribution in [0.3, 0.4) is 0 Å². The number of nitrogens with one attached hydrogen (secondary N) is 2. The third kappa shape index (κ3) is 5.87. The summed E-state index contributed by atoms with van der Waals surface area (Å²) in [5.74, 6) is -2.03. The zero-order chi connectivity index (χ0) is 22.4. The summed E-state index contributed by atoms with van der Waals surface area (Å²) in [6.07, 6.45) is 1.36. The molecule has 0 bridgehead atoms. The standard InChI is InChI=1S/C23H25F2N3O3/c1-15-4-5-17(13-20(15)25)21(29)26-10-11-27-22(30)18-3-2-12-28(14-18)23(31)16-6-8-19(24)9-7-16/h4-9,13,18H,2-3,10-12,14H2,1H3,(H,26,29)(H,27,30). The smallest absolute Gasteiger partial charge is 0.253 e. The molecule has 2 aromatic rings. The van der Waals surface area contributed by atoms with Gasteiger partial charge in [0.25, 0.3) is 11.8 Å². The molecule has 2 N–H and O–H groups in total. The average molecular weight is 429 g/mol. The molecule has 3 amide bonds. The van der Waals surface area contributed by atoms with Crippen LogP contribution in [0.4, 0.5) is 8.78 Å². The molecule has 1 aliphatic heterocycles. The highest BCUT2D eigenvalue weighted by molar-refractivity contribution is 5.95. The van der Waals surface area contributed by atoms with Crippen LogP contribution in [0.5, 0.6) is 0 Å². The predicted molar refractivity (Wildman–Crippen MR) is 112 cm³/mol. The van der Waals surface area contributed by atoms with Crippen molar-refractivity contribution in [3.05, 3.63) is 70.8 Å². The van der Waals surface area contributed by atoms with Crippen molar-refractivity contribution in [1.29, 1.82) is 0 Å². The van der Waals surface area contributed by atoms with Crippen molar-refractivity contribution in [3.63, 3.8) is 0 Å². The van der Waals surface area contributed by atoms with E-state index in [1.165, 1.54) is 36.4 Å². The summed E-state index contributed by atoms with van der Waals surface area (Å²) in [6.45, 7) is 2.87. The van der Waals surface area contributed by atoms with Gasteiger partial charge in [0.15, 0.2) is 0 Å². The number of hydrogen-bond acceptors (Lipinski definition) is 3. The van der Waals surface area contributed by atoms with Crippen LogP contribution in [0, 0.1) is 24.5 Å². The number of amides is 3. The topological polar surface area (TPSA) is 78.5 Å². The molecule has 2 aromatic carbocycles. The Morgan fingerprint density at radius 1 is 1.00 bits per heavy atom. The number of carbonyl (C=O) groups is 3. The average Bonchev–Trinajstić information content (AvgIpc) is 2.78. The van der Waals surface area contributed by atoms with Crippen molar-refractivity contribution >= 4 is 17.7 Å². The van der Waals surface area contributed by atoms with Gasteiger partial charge in [-0.25, -0.2) is 8.78 Å². The van der Waals surface area contributed by atoms with Crippen LogP contribution in [0.1, 0.15) is 39.1 Å². The Hall–Kier alpha value is -3.29. The first-order valence-electron chi connectivity index (χ1n) is 10.2. The Kier molecular flexibility index (Phi) is 7.33. The van der Waals surface area contributed by atoms with Crippen molar-refractivity contribution in [3.8, 4) is 0 Å². The highest BCUT2D eigenvalue weighted by atomic mass is 19.1. The number of aryl methyl sites for hydroxylation is 1. The zero-order valence-corrected chi connectivity index (χ0v) is 17.3. The summed E-state index contributed by atoms with van der Waals surface area (Å²) in [4.78, 5) is 38.8. The molecule has 0 saturated carbocycles. The molecule has 164 valence electrons. The van der Waals surface area contributed by atoms with E-state index >= 15 is 0 Å². The fourth-order valence-electron chi connectivity index (χ4n) is 3.49. The largest absolute Gasteiger partial charge is 0.354 e. The minimum absolute atomic E-state index is 0.188. The van der Waals surface area contributed by atoms with E-state index in [0.717, 1.165) is 0 Å². The summed E-state index contributed by atoms with van der Waals surface area (Å²) in [6, 6.07) is 9.60. The van der Waals surface area contributed by atoms with Crippen molar-refractivity contribution in [2.24, 2.45) is 5.92 Å². The van der Waals surface area contributed by atoms with Crippen LogP contribution < -0.4 is 10.6 Å². The van der Waals surface area contributed by atoms with E-state index in [2.05, 4.69) is 10.6 Å². The van der Waals surface area contributed by atoms with Crippen LogP contribution in [0.25, 0.3) is 0 Å². The molecule has 1 fully saturated rings. The summed E-state index contributed by atoms with van der Waals surface area (Å²) >= 11 is 0. The van der Waals surface area contributed by atoms with E-state index in [1.54, 1.807) is 17.9 Å². The van der Waals surface area contributed by atoms with Gasteiger partial charge in [0.2, 0.25) is 5.91 Å². The third-order valence-electron chi connectivity index (χ3n) is 5.31. The Morgan fingerprint density at radius 3 is 2.39 bits per heavy atom.